The number of benzene rings is 3. The predicted octanol–water partition coefficient (Wildman–Crippen LogP) is 5.54. The van der Waals surface area contributed by atoms with E-state index in [2.05, 4.69) is 5.32 Å². The number of ether oxygens (including phenoxy) is 1. The summed E-state index contributed by atoms with van der Waals surface area (Å²) in [5.74, 6) is -0.0568. The molecular formula is C33H43N3O5S. The number of carbonyl (C=O) groups is 2. The van der Waals surface area contributed by atoms with Crippen LogP contribution in [0.25, 0.3) is 0 Å². The number of nitrogens with one attached hydrogen (secondary N) is 1. The second-order valence-electron chi connectivity index (χ2n) is 10.5. The van der Waals surface area contributed by atoms with Gasteiger partial charge in [0.15, 0.2) is 0 Å². The molecule has 8 nitrogen and oxygen atoms in total. The van der Waals surface area contributed by atoms with Crippen LogP contribution in [0.4, 0.5) is 5.69 Å². The van der Waals surface area contributed by atoms with Crippen LogP contribution in [0.2, 0.25) is 0 Å². The Morgan fingerprint density at radius 3 is 2.19 bits per heavy atom. The lowest BCUT2D eigenvalue weighted by atomic mass is 10.1. The van der Waals surface area contributed by atoms with Crippen molar-refractivity contribution >= 4 is 27.5 Å². The molecule has 0 aliphatic heterocycles. The number of amides is 2. The summed E-state index contributed by atoms with van der Waals surface area (Å²) in [6, 6.07) is 18.5. The number of unbranched alkanes of at least 4 members (excludes halogenated alkanes) is 1. The molecule has 0 spiro atoms. The fraction of sp³-hybridized carbons (Fsp3) is 0.394. The summed E-state index contributed by atoms with van der Waals surface area (Å²) in [6.07, 6.45) is 2.12. The van der Waals surface area contributed by atoms with Gasteiger partial charge in [-0.25, -0.2) is 8.42 Å². The lowest BCUT2D eigenvalue weighted by molar-refractivity contribution is -0.140. The molecule has 0 heterocycles. The van der Waals surface area contributed by atoms with Crippen molar-refractivity contribution in [2.24, 2.45) is 0 Å². The number of anilines is 1. The van der Waals surface area contributed by atoms with Gasteiger partial charge in [0, 0.05) is 13.1 Å². The number of carbonyl (C=O) groups excluding carboxylic acids is 2. The average Bonchev–Trinajstić information content (AvgIpc) is 2.98. The van der Waals surface area contributed by atoms with E-state index in [1.54, 1.807) is 55.6 Å². The molecule has 3 rings (SSSR count). The van der Waals surface area contributed by atoms with E-state index in [4.69, 9.17) is 4.74 Å². The molecule has 3 aromatic carbocycles. The molecule has 1 unspecified atom stereocenters. The van der Waals surface area contributed by atoms with Gasteiger partial charge in [0.05, 0.1) is 17.7 Å². The van der Waals surface area contributed by atoms with Crippen molar-refractivity contribution in [3.63, 3.8) is 0 Å². The van der Waals surface area contributed by atoms with Crippen molar-refractivity contribution in [2.45, 2.75) is 71.4 Å². The van der Waals surface area contributed by atoms with Gasteiger partial charge in [-0.05, 0) is 80.6 Å². The molecule has 1 atom stereocenters. The minimum absolute atomic E-state index is 0.0906. The number of hydrogen-bond acceptors (Lipinski definition) is 5. The van der Waals surface area contributed by atoms with E-state index in [0.717, 1.165) is 35.1 Å². The quantitative estimate of drug-likeness (QED) is 0.248. The van der Waals surface area contributed by atoms with Gasteiger partial charge in [-0.3, -0.25) is 13.9 Å². The molecule has 0 fully saturated rings. The first-order chi connectivity index (χ1) is 20.0. The van der Waals surface area contributed by atoms with Gasteiger partial charge in [-0.15, -0.1) is 0 Å². The van der Waals surface area contributed by atoms with E-state index in [1.807, 2.05) is 52.8 Å². The molecule has 0 aliphatic carbocycles. The first-order valence-corrected chi connectivity index (χ1v) is 15.8. The third kappa shape index (κ3) is 7.91. The summed E-state index contributed by atoms with van der Waals surface area (Å²) in [5, 5.41) is 2.95. The second-order valence-corrected chi connectivity index (χ2v) is 12.3. The number of aryl methyl sites for hydroxylation is 2. The van der Waals surface area contributed by atoms with Crippen LogP contribution in [0.15, 0.2) is 71.6 Å². The van der Waals surface area contributed by atoms with Gasteiger partial charge in [-0.2, -0.15) is 0 Å². The summed E-state index contributed by atoms with van der Waals surface area (Å²) in [7, 11) is -2.54. The van der Waals surface area contributed by atoms with Crippen LogP contribution in [-0.2, 0) is 26.2 Å². The van der Waals surface area contributed by atoms with Crippen LogP contribution >= 0.6 is 0 Å². The molecule has 2 amide bonds. The van der Waals surface area contributed by atoms with Crippen molar-refractivity contribution in [3.05, 3.63) is 89.0 Å². The van der Waals surface area contributed by atoms with Crippen LogP contribution in [0.5, 0.6) is 5.75 Å². The molecule has 42 heavy (non-hydrogen) atoms. The van der Waals surface area contributed by atoms with Crippen molar-refractivity contribution in [2.75, 3.05) is 24.5 Å². The Bertz CT molecular complexity index is 1450. The van der Waals surface area contributed by atoms with Crippen LogP contribution < -0.4 is 14.4 Å². The molecule has 0 saturated carbocycles. The van der Waals surface area contributed by atoms with Gasteiger partial charge in [0.25, 0.3) is 10.0 Å². The number of sulfonamides is 1. The van der Waals surface area contributed by atoms with Crippen LogP contribution in [-0.4, -0.2) is 51.4 Å². The maximum absolute atomic E-state index is 14.2. The standard InChI is InChI=1S/C33H43N3O5S/c1-7-9-21-34-33(38)30(8-2)35(22-27-15-17-28(41-6)18-16-27)32(37)23-36(31-12-10-11-25(4)26(31)5)42(39,40)29-19-13-24(3)14-20-29/h10-20,30H,7-9,21-23H2,1-6H3,(H,34,38). The predicted molar refractivity (Wildman–Crippen MR) is 167 cm³/mol. The highest BCUT2D eigenvalue weighted by molar-refractivity contribution is 7.92. The first kappa shape index (κ1) is 32.7. The van der Waals surface area contributed by atoms with Crippen LogP contribution in [0.1, 0.15) is 55.4 Å². The number of rotatable bonds is 14. The van der Waals surface area contributed by atoms with Gasteiger partial charge < -0.3 is 15.0 Å². The zero-order chi connectivity index (χ0) is 30.9. The van der Waals surface area contributed by atoms with Gasteiger partial charge in [0.1, 0.15) is 18.3 Å². The molecule has 9 heteroatoms. The van der Waals surface area contributed by atoms with E-state index in [1.165, 1.54) is 9.21 Å². The zero-order valence-corrected chi connectivity index (χ0v) is 26.3. The highest BCUT2D eigenvalue weighted by atomic mass is 32.2. The monoisotopic (exact) mass is 593 g/mol. The molecule has 0 radical (unpaired) electrons. The average molecular weight is 594 g/mol. The van der Waals surface area contributed by atoms with E-state index in [9.17, 15) is 18.0 Å². The highest BCUT2D eigenvalue weighted by Gasteiger charge is 2.34. The molecule has 226 valence electrons. The van der Waals surface area contributed by atoms with Crippen LogP contribution in [0.3, 0.4) is 0 Å². The lowest BCUT2D eigenvalue weighted by Gasteiger charge is -2.33. The summed E-state index contributed by atoms with van der Waals surface area (Å²) in [5.41, 5.74) is 3.80. The van der Waals surface area contributed by atoms with Crippen molar-refractivity contribution in [3.8, 4) is 5.75 Å². The zero-order valence-electron chi connectivity index (χ0n) is 25.5. The maximum atomic E-state index is 14.2. The molecular weight excluding hydrogens is 550 g/mol. The number of hydrogen-bond donors (Lipinski definition) is 1. The van der Waals surface area contributed by atoms with Crippen LogP contribution in [0, 0.1) is 20.8 Å². The molecule has 0 bridgehead atoms. The third-order valence-electron chi connectivity index (χ3n) is 7.46. The van der Waals surface area contributed by atoms with E-state index in [-0.39, 0.29) is 17.3 Å². The summed E-state index contributed by atoms with van der Waals surface area (Å²) in [6.45, 7) is 9.70. The normalized spacial score (nSPS) is 12.0. The largest absolute Gasteiger partial charge is 0.497 e. The molecule has 0 aromatic heterocycles. The Morgan fingerprint density at radius 1 is 0.929 bits per heavy atom. The van der Waals surface area contributed by atoms with E-state index >= 15 is 0 Å². The number of nitrogens with zero attached hydrogens (tertiary/aromatic N) is 2. The van der Waals surface area contributed by atoms with E-state index < -0.39 is 28.5 Å². The topological polar surface area (TPSA) is 96.0 Å². The minimum Gasteiger partial charge on any atom is -0.497 e. The third-order valence-corrected chi connectivity index (χ3v) is 9.23. The SMILES string of the molecule is CCCCNC(=O)C(CC)N(Cc1ccc(OC)cc1)C(=O)CN(c1cccc(C)c1C)S(=O)(=O)c1ccc(C)cc1. The first-order valence-electron chi connectivity index (χ1n) is 14.4. The smallest absolute Gasteiger partial charge is 0.264 e. The summed E-state index contributed by atoms with van der Waals surface area (Å²) >= 11 is 0. The Kier molecular flexibility index (Phi) is 11.6. The van der Waals surface area contributed by atoms with Gasteiger partial charge in [0.2, 0.25) is 11.8 Å². The molecule has 3 aromatic rings. The Balaban J connectivity index is 2.07. The Hall–Kier alpha value is -3.85. The molecule has 1 N–H and O–H groups in total. The highest BCUT2D eigenvalue weighted by Crippen LogP contribution is 2.29. The second kappa shape index (κ2) is 14.9. The lowest BCUT2D eigenvalue weighted by Crippen LogP contribution is -2.52. The Morgan fingerprint density at radius 2 is 1.60 bits per heavy atom. The number of methoxy groups -OCH3 is 1. The van der Waals surface area contributed by atoms with Crippen molar-refractivity contribution in [1.82, 2.24) is 10.2 Å². The van der Waals surface area contributed by atoms with Crippen molar-refractivity contribution < 1.29 is 22.7 Å². The molecule has 0 saturated heterocycles. The van der Waals surface area contributed by atoms with Crippen molar-refractivity contribution in [1.29, 1.82) is 0 Å². The maximum Gasteiger partial charge on any atom is 0.264 e. The minimum atomic E-state index is -4.12. The van der Waals surface area contributed by atoms with Gasteiger partial charge in [-0.1, -0.05) is 62.2 Å². The van der Waals surface area contributed by atoms with E-state index in [0.29, 0.717) is 24.4 Å². The summed E-state index contributed by atoms with van der Waals surface area (Å²) < 4.78 is 34.7. The Labute approximate surface area is 250 Å². The van der Waals surface area contributed by atoms with Gasteiger partial charge >= 0.3 is 0 Å². The fourth-order valence-corrected chi connectivity index (χ4v) is 6.18. The fourth-order valence-electron chi connectivity index (χ4n) is 4.71. The summed E-state index contributed by atoms with van der Waals surface area (Å²) in [4.78, 5) is 29.1. The molecule has 0 aliphatic rings.